The van der Waals surface area contributed by atoms with Crippen LogP contribution in [0.1, 0.15) is 18.1 Å². The molecule has 5 heteroatoms. The van der Waals surface area contributed by atoms with Crippen molar-refractivity contribution in [3.63, 3.8) is 0 Å². The number of rotatable bonds is 5. The summed E-state index contributed by atoms with van der Waals surface area (Å²) in [5, 5.41) is 5.99. The number of hydrogen-bond acceptors (Lipinski definition) is 3. The Morgan fingerprint density at radius 2 is 1.95 bits per heavy atom. The van der Waals surface area contributed by atoms with Crippen molar-refractivity contribution < 1.29 is 13.9 Å². The average molecular weight is 302 g/mol. The standard InChI is InChI=1S/C17H19FN2O2/c1-11-4-6-15(20-12(2)21)16(8-11)19-10-13-5-7-17(22-3)14(18)9-13/h4-9,19H,10H2,1-3H3,(H,20,21). The summed E-state index contributed by atoms with van der Waals surface area (Å²) in [6, 6.07) is 10.5. The molecular weight excluding hydrogens is 283 g/mol. The van der Waals surface area contributed by atoms with Gasteiger partial charge in [-0.25, -0.2) is 4.39 Å². The monoisotopic (exact) mass is 302 g/mol. The van der Waals surface area contributed by atoms with Gasteiger partial charge in [0.25, 0.3) is 0 Å². The first kappa shape index (κ1) is 15.8. The Morgan fingerprint density at radius 1 is 1.18 bits per heavy atom. The molecule has 0 aliphatic carbocycles. The summed E-state index contributed by atoms with van der Waals surface area (Å²) in [4.78, 5) is 11.2. The predicted octanol–water partition coefficient (Wildman–Crippen LogP) is 3.71. The van der Waals surface area contributed by atoms with Gasteiger partial charge in [-0.3, -0.25) is 4.79 Å². The Labute approximate surface area is 129 Å². The van der Waals surface area contributed by atoms with Crippen LogP contribution < -0.4 is 15.4 Å². The quantitative estimate of drug-likeness (QED) is 0.885. The zero-order valence-electron chi connectivity index (χ0n) is 12.9. The molecule has 116 valence electrons. The summed E-state index contributed by atoms with van der Waals surface area (Å²) in [6.07, 6.45) is 0. The number of methoxy groups -OCH3 is 1. The van der Waals surface area contributed by atoms with E-state index in [-0.39, 0.29) is 11.7 Å². The largest absolute Gasteiger partial charge is 0.494 e. The van der Waals surface area contributed by atoms with Gasteiger partial charge in [-0.15, -0.1) is 0 Å². The van der Waals surface area contributed by atoms with Crippen LogP contribution >= 0.6 is 0 Å². The van der Waals surface area contributed by atoms with Crippen LogP contribution in [0.15, 0.2) is 36.4 Å². The minimum atomic E-state index is -0.395. The summed E-state index contributed by atoms with van der Waals surface area (Å²) >= 11 is 0. The SMILES string of the molecule is COc1ccc(CNc2cc(C)ccc2NC(C)=O)cc1F. The van der Waals surface area contributed by atoms with E-state index in [0.717, 1.165) is 16.8 Å². The van der Waals surface area contributed by atoms with Crippen molar-refractivity contribution in [3.05, 3.63) is 53.3 Å². The van der Waals surface area contributed by atoms with Crippen molar-refractivity contribution in [1.29, 1.82) is 0 Å². The van der Waals surface area contributed by atoms with E-state index < -0.39 is 5.82 Å². The number of amides is 1. The molecule has 0 aliphatic heterocycles. The molecule has 0 saturated heterocycles. The number of halogens is 1. The fourth-order valence-electron chi connectivity index (χ4n) is 2.12. The van der Waals surface area contributed by atoms with E-state index in [9.17, 15) is 9.18 Å². The van der Waals surface area contributed by atoms with Gasteiger partial charge in [-0.1, -0.05) is 12.1 Å². The zero-order valence-corrected chi connectivity index (χ0v) is 12.9. The van der Waals surface area contributed by atoms with E-state index in [1.54, 1.807) is 12.1 Å². The lowest BCUT2D eigenvalue weighted by atomic mass is 10.1. The van der Waals surface area contributed by atoms with Gasteiger partial charge in [-0.2, -0.15) is 0 Å². The molecule has 0 radical (unpaired) electrons. The molecule has 0 spiro atoms. The summed E-state index contributed by atoms with van der Waals surface area (Å²) in [6.45, 7) is 3.87. The number of anilines is 2. The second-order valence-electron chi connectivity index (χ2n) is 5.05. The van der Waals surface area contributed by atoms with Crippen molar-refractivity contribution in [2.45, 2.75) is 20.4 Å². The molecule has 0 bridgehead atoms. The Morgan fingerprint density at radius 3 is 2.59 bits per heavy atom. The van der Waals surface area contributed by atoms with Crippen LogP contribution in [0.2, 0.25) is 0 Å². The number of carbonyl (C=O) groups excluding carboxylic acids is 1. The van der Waals surface area contributed by atoms with E-state index >= 15 is 0 Å². The molecule has 0 atom stereocenters. The highest BCUT2D eigenvalue weighted by Gasteiger charge is 2.06. The molecule has 0 unspecified atom stereocenters. The maximum absolute atomic E-state index is 13.7. The van der Waals surface area contributed by atoms with Gasteiger partial charge >= 0.3 is 0 Å². The lowest BCUT2D eigenvalue weighted by molar-refractivity contribution is -0.114. The topological polar surface area (TPSA) is 50.4 Å². The van der Waals surface area contributed by atoms with Gasteiger partial charge in [0.2, 0.25) is 5.91 Å². The van der Waals surface area contributed by atoms with Crippen LogP contribution in [0, 0.1) is 12.7 Å². The van der Waals surface area contributed by atoms with Crippen molar-refractivity contribution >= 4 is 17.3 Å². The third kappa shape index (κ3) is 3.97. The third-order valence-electron chi connectivity index (χ3n) is 3.18. The van der Waals surface area contributed by atoms with Crippen molar-refractivity contribution in [3.8, 4) is 5.75 Å². The molecule has 2 aromatic rings. The van der Waals surface area contributed by atoms with E-state index in [2.05, 4.69) is 10.6 Å². The highest BCUT2D eigenvalue weighted by Crippen LogP contribution is 2.24. The second kappa shape index (κ2) is 6.93. The van der Waals surface area contributed by atoms with Gasteiger partial charge in [0, 0.05) is 13.5 Å². The number of benzene rings is 2. The molecule has 22 heavy (non-hydrogen) atoms. The molecule has 0 aromatic heterocycles. The Kier molecular flexibility index (Phi) is 4.99. The fourth-order valence-corrected chi connectivity index (χ4v) is 2.12. The third-order valence-corrected chi connectivity index (χ3v) is 3.18. The highest BCUT2D eigenvalue weighted by molar-refractivity contribution is 5.92. The smallest absolute Gasteiger partial charge is 0.221 e. The van der Waals surface area contributed by atoms with Crippen LogP contribution in [-0.2, 0) is 11.3 Å². The fraction of sp³-hybridized carbons (Fsp3) is 0.235. The number of aryl methyl sites for hydroxylation is 1. The van der Waals surface area contributed by atoms with Gasteiger partial charge < -0.3 is 15.4 Å². The predicted molar refractivity (Wildman–Crippen MR) is 85.8 cm³/mol. The van der Waals surface area contributed by atoms with Gasteiger partial charge in [0.1, 0.15) is 0 Å². The van der Waals surface area contributed by atoms with E-state index in [4.69, 9.17) is 4.74 Å². The first-order valence-corrected chi connectivity index (χ1v) is 6.94. The Bertz CT molecular complexity index is 686. The molecule has 0 aliphatic rings. The molecule has 1 amide bonds. The minimum absolute atomic E-state index is 0.137. The summed E-state index contributed by atoms with van der Waals surface area (Å²) in [5.41, 5.74) is 3.35. The van der Waals surface area contributed by atoms with Crippen LogP contribution in [0.25, 0.3) is 0 Å². The van der Waals surface area contributed by atoms with E-state index in [0.29, 0.717) is 12.2 Å². The first-order chi connectivity index (χ1) is 10.5. The molecule has 0 saturated carbocycles. The molecular formula is C17H19FN2O2. The highest BCUT2D eigenvalue weighted by atomic mass is 19.1. The first-order valence-electron chi connectivity index (χ1n) is 6.94. The van der Waals surface area contributed by atoms with Gasteiger partial charge in [0.15, 0.2) is 11.6 Å². The van der Waals surface area contributed by atoms with Crippen LogP contribution in [0.4, 0.5) is 15.8 Å². The van der Waals surface area contributed by atoms with Crippen molar-refractivity contribution in [2.75, 3.05) is 17.7 Å². The Hall–Kier alpha value is -2.56. The zero-order chi connectivity index (χ0) is 16.1. The lowest BCUT2D eigenvalue weighted by Gasteiger charge is -2.14. The molecule has 4 nitrogen and oxygen atoms in total. The maximum atomic E-state index is 13.7. The molecule has 2 rings (SSSR count). The number of carbonyl (C=O) groups is 1. The molecule has 2 N–H and O–H groups in total. The summed E-state index contributed by atoms with van der Waals surface area (Å²) in [5.74, 6) is -0.311. The Balaban J connectivity index is 2.15. The number of hydrogen-bond donors (Lipinski definition) is 2. The van der Waals surface area contributed by atoms with Crippen LogP contribution in [-0.4, -0.2) is 13.0 Å². The molecule has 0 fully saturated rings. The molecule has 0 heterocycles. The van der Waals surface area contributed by atoms with Gasteiger partial charge in [-0.05, 0) is 42.3 Å². The average Bonchev–Trinajstić information content (AvgIpc) is 2.47. The van der Waals surface area contributed by atoms with Gasteiger partial charge in [0.05, 0.1) is 18.5 Å². The summed E-state index contributed by atoms with van der Waals surface area (Å²) < 4.78 is 18.6. The van der Waals surface area contributed by atoms with Crippen LogP contribution in [0.5, 0.6) is 5.75 Å². The number of ether oxygens (including phenoxy) is 1. The second-order valence-corrected chi connectivity index (χ2v) is 5.05. The normalized spacial score (nSPS) is 10.2. The van der Waals surface area contributed by atoms with E-state index in [1.807, 2.05) is 25.1 Å². The lowest BCUT2D eigenvalue weighted by Crippen LogP contribution is -2.09. The maximum Gasteiger partial charge on any atom is 0.221 e. The van der Waals surface area contributed by atoms with E-state index in [1.165, 1.54) is 20.1 Å². The van der Waals surface area contributed by atoms with Crippen molar-refractivity contribution in [2.24, 2.45) is 0 Å². The minimum Gasteiger partial charge on any atom is -0.494 e. The molecule has 2 aromatic carbocycles. The van der Waals surface area contributed by atoms with Crippen LogP contribution in [0.3, 0.4) is 0 Å². The van der Waals surface area contributed by atoms with Crippen molar-refractivity contribution in [1.82, 2.24) is 0 Å². The summed E-state index contributed by atoms with van der Waals surface area (Å²) in [7, 11) is 1.43. The number of nitrogens with one attached hydrogen (secondary N) is 2.